The van der Waals surface area contributed by atoms with Crippen molar-refractivity contribution in [2.75, 3.05) is 54.6 Å². The molecule has 3 atom stereocenters. The van der Waals surface area contributed by atoms with Crippen molar-refractivity contribution in [1.29, 1.82) is 0 Å². The minimum Gasteiger partial charge on any atom is -0.493 e. The molecule has 0 N–H and O–H groups in total. The number of ether oxygens (including phenoxy) is 4. The number of esters is 1. The van der Waals surface area contributed by atoms with Crippen LogP contribution in [0.1, 0.15) is 37.7 Å². The lowest BCUT2D eigenvalue weighted by atomic mass is 9.91. The molecule has 1 saturated carbocycles. The first kappa shape index (κ1) is 23.8. The molecule has 1 aromatic carbocycles. The molecule has 0 radical (unpaired) electrons. The third kappa shape index (κ3) is 6.82. The molecule has 0 bridgehead atoms. The van der Waals surface area contributed by atoms with Gasteiger partial charge in [-0.25, -0.2) is 0 Å². The Morgan fingerprint density at radius 1 is 1.10 bits per heavy atom. The molecule has 0 aromatic heterocycles. The van der Waals surface area contributed by atoms with Gasteiger partial charge in [0, 0.05) is 19.1 Å². The summed E-state index contributed by atoms with van der Waals surface area (Å²) in [6, 6.07) is 6.44. The Hall–Kier alpha value is -1.83. The number of hydrogen-bond acceptors (Lipinski definition) is 7. The molecule has 0 unspecified atom stereocenters. The molecule has 174 valence electrons. The molecule has 3 rings (SSSR count). The van der Waals surface area contributed by atoms with Crippen molar-refractivity contribution < 1.29 is 23.7 Å². The summed E-state index contributed by atoms with van der Waals surface area (Å²) in [7, 11) is 7.07. The highest BCUT2D eigenvalue weighted by Crippen LogP contribution is 2.30. The van der Waals surface area contributed by atoms with E-state index in [1.54, 1.807) is 14.2 Å². The molecule has 1 aliphatic carbocycles. The number of likely N-dealkylation sites (N-methyl/N-ethyl adjacent to an activating group) is 1. The minimum atomic E-state index is -0.136. The maximum absolute atomic E-state index is 12.0. The Labute approximate surface area is 186 Å². The lowest BCUT2D eigenvalue weighted by Gasteiger charge is -2.37. The average molecular weight is 435 g/mol. The number of carbonyl (C=O) groups is 1. The Bertz CT molecular complexity index is 711. The molecule has 0 spiro atoms. The van der Waals surface area contributed by atoms with Gasteiger partial charge in [-0.15, -0.1) is 0 Å². The second kappa shape index (κ2) is 11.7. The quantitative estimate of drug-likeness (QED) is 0.525. The molecule has 1 saturated heterocycles. The normalized spacial score (nSPS) is 24.4. The van der Waals surface area contributed by atoms with E-state index in [1.165, 1.54) is 18.4 Å². The Morgan fingerprint density at radius 2 is 1.87 bits per heavy atom. The van der Waals surface area contributed by atoms with Gasteiger partial charge in [0.2, 0.25) is 0 Å². The highest BCUT2D eigenvalue weighted by Gasteiger charge is 2.36. The first-order chi connectivity index (χ1) is 15.0. The number of rotatable bonds is 10. The highest BCUT2D eigenvalue weighted by molar-refractivity contribution is 5.71. The molecule has 1 aromatic rings. The van der Waals surface area contributed by atoms with E-state index < -0.39 is 0 Å². The smallest absolute Gasteiger partial charge is 0.320 e. The number of hydrogen-bond donors (Lipinski definition) is 0. The van der Waals surface area contributed by atoms with Crippen LogP contribution in [0, 0.1) is 0 Å². The zero-order valence-electron chi connectivity index (χ0n) is 19.5. The van der Waals surface area contributed by atoms with Crippen LogP contribution in [0.2, 0.25) is 0 Å². The van der Waals surface area contributed by atoms with E-state index in [1.807, 2.05) is 31.1 Å². The molecule has 31 heavy (non-hydrogen) atoms. The Balaban J connectivity index is 1.49. The van der Waals surface area contributed by atoms with E-state index in [2.05, 4.69) is 11.0 Å². The highest BCUT2D eigenvalue weighted by atomic mass is 16.5. The van der Waals surface area contributed by atoms with Crippen LogP contribution in [0.5, 0.6) is 11.5 Å². The van der Waals surface area contributed by atoms with Crippen molar-refractivity contribution in [3.05, 3.63) is 23.8 Å². The first-order valence-electron chi connectivity index (χ1n) is 11.4. The van der Waals surface area contributed by atoms with Crippen LogP contribution in [0.15, 0.2) is 18.2 Å². The zero-order chi connectivity index (χ0) is 22.2. The van der Waals surface area contributed by atoms with Crippen molar-refractivity contribution >= 4 is 5.97 Å². The number of benzene rings is 1. The summed E-state index contributed by atoms with van der Waals surface area (Å²) in [5.74, 6) is 1.36. The second-order valence-electron chi connectivity index (χ2n) is 8.83. The fourth-order valence-electron chi connectivity index (χ4n) is 4.69. The third-order valence-electron chi connectivity index (χ3n) is 6.23. The van der Waals surface area contributed by atoms with Gasteiger partial charge in [0.25, 0.3) is 0 Å². The van der Waals surface area contributed by atoms with Crippen molar-refractivity contribution in [3.8, 4) is 11.5 Å². The van der Waals surface area contributed by atoms with Gasteiger partial charge in [-0.1, -0.05) is 18.9 Å². The van der Waals surface area contributed by atoms with Gasteiger partial charge < -0.3 is 18.9 Å². The van der Waals surface area contributed by atoms with Crippen LogP contribution in [-0.2, 0) is 20.7 Å². The lowest BCUT2D eigenvalue weighted by molar-refractivity contribution is -0.149. The second-order valence-corrected chi connectivity index (χ2v) is 8.83. The number of carbonyl (C=O) groups excluding carboxylic acids is 1. The van der Waals surface area contributed by atoms with Gasteiger partial charge in [0.1, 0.15) is 6.10 Å². The Kier molecular flexibility index (Phi) is 8.99. The topological polar surface area (TPSA) is 60.5 Å². The third-order valence-corrected chi connectivity index (χ3v) is 6.23. The van der Waals surface area contributed by atoms with Gasteiger partial charge in [0.05, 0.1) is 33.5 Å². The SMILES string of the molecule is COc1ccc(CCO[C@@H]2CCCC[C@@H]2N2CC[C@@H](OC(=O)CN(C)C)C2)cc1OC. The molecule has 0 amide bonds. The van der Waals surface area contributed by atoms with Crippen LogP contribution < -0.4 is 9.47 Å². The maximum atomic E-state index is 12.0. The predicted molar refractivity (Wildman–Crippen MR) is 120 cm³/mol. The number of likely N-dealkylation sites (tertiary alicyclic amines) is 1. The van der Waals surface area contributed by atoms with Gasteiger partial charge in [-0.2, -0.15) is 0 Å². The number of methoxy groups -OCH3 is 2. The van der Waals surface area contributed by atoms with Crippen molar-refractivity contribution in [3.63, 3.8) is 0 Å². The van der Waals surface area contributed by atoms with Crippen LogP contribution >= 0.6 is 0 Å². The molecule has 7 heteroatoms. The van der Waals surface area contributed by atoms with Crippen molar-refractivity contribution in [2.24, 2.45) is 0 Å². The predicted octanol–water partition coefficient (Wildman–Crippen LogP) is 2.75. The molecule has 2 fully saturated rings. The summed E-state index contributed by atoms with van der Waals surface area (Å²) < 4.78 is 22.8. The summed E-state index contributed by atoms with van der Waals surface area (Å²) in [5, 5.41) is 0. The van der Waals surface area contributed by atoms with Crippen LogP contribution in [0.25, 0.3) is 0 Å². The zero-order valence-corrected chi connectivity index (χ0v) is 19.5. The largest absolute Gasteiger partial charge is 0.493 e. The first-order valence-corrected chi connectivity index (χ1v) is 11.4. The molecule has 7 nitrogen and oxygen atoms in total. The van der Waals surface area contributed by atoms with E-state index in [9.17, 15) is 4.79 Å². The van der Waals surface area contributed by atoms with E-state index in [-0.39, 0.29) is 18.2 Å². The lowest BCUT2D eigenvalue weighted by Crippen LogP contribution is -2.46. The van der Waals surface area contributed by atoms with Crippen LogP contribution in [0.3, 0.4) is 0 Å². The number of nitrogens with zero attached hydrogens (tertiary/aromatic N) is 2. The molecule has 1 aliphatic heterocycles. The fourth-order valence-corrected chi connectivity index (χ4v) is 4.69. The van der Waals surface area contributed by atoms with Gasteiger partial charge >= 0.3 is 5.97 Å². The average Bonchev–Trinajstić information content (AvgIpc) is 3.21. The van der Waals surface area contributed by atoms with Crippen LogP contribution in [-0.4, -0.2) is 88.6 Å². The fraction of sp³-hybridized carbons (Fsp3) is 0.708. The van der Waals surface area contributed by atoms with Gasteiger partial charge in [-0.05, 0) is 57.5 Å². The summed E-state index contributed by atoms with van der Waals surface area (Å²) in [6.07, 6.45) is 6.70. The summed E-state index contributed by atoms with van der Waals surface area (Å²) in [5.41, 5.74) is 1.18. The molecule has 2 aliphatic rings. The van der Waals surface area contributed by atoms with Crippen molar-refractivity contribution in [1.82, 2.24) is 9.80 Å². The Morgan fingerprint density at radius 3 is 2.61 bits per heavy atom. The standard InChI is InChI=1S/C24H38N2O5/c1-25(2)17-24(27)31-19-11-13-26(16-19)20-7-5-6-8-21(20)30-14-12-18-9-10-22(28-3)23(15-18)29-4/h9-10,15,19-21H,5-8,11-14,16-17H2,1-4H3/t19-,20+,21-/m1/s1. The molecular weight excluding hydrogens is 396 g/mol. The summed E-state index contributed by atoms with van der Waals surface area (Å²) >= 11 is 0. The van der Waals surface area contributed by atoms with Gasteiger partial charge in [0.15, 0.2) is 11.5 Å². The van der Waals surface area contributed by atoms with E-state index >= 15 is 0 Å². The van der Waals surface area contributed by atoms with E-state index in [0.29, 0.717) is 19.2 Å². The van der Waals surface area contributed by atoms with Crippen LogP contribution in [0.4, 0.5) is 0 Å². The van der Waals surface area contributed by atoms with E-state index in [4.69, 9.17) is 18.9 Å². The van der Waals surface area contributed by atoms with Crippen molar-refractivity contribution in [2.45, 2.75) is 56.8 Å². The maximum Gasteiger partial charge on any atom is 0.320 e. The monoisotopic (exact) mass is 434 g/mol. The summed E-state index contributed by atoms with van der Waals surface area (Å²) in [4.78, 5) is 16.3. The van der Waals surface area contributed by atoms with Gasteiger partial charge in [-0.3, -0.25) is 14.6 Å². The molecule has 1 heterocycles. The summed E-state index contributed by atoms with van der Waals surface area (Å²) in [6.45, 7) is 2.81. The van der Waals surface area contributed by atoms with E-state index in [0.717, 1.165) is 50.3 Å². The minimum absolute atomic E-state index is 0.00166. The molecular formula is C24H38N2O5.